The van der Waals surface area contributed by atoms with Crippen molar-refractivity contribution in [3.8, 4) is 17.6 Å². The van der Waals surface area contributed by atoms with Gasteiger partial charge in [-0.2, -0.15) is 5.26 Å². The Morgan fingerprint density at radius 3 is 2.00 bits per heavy atom. The maximum atomic E-state index is 12.5. The molecule has 182 valence electrons. The van der Waals surface area contributed by atoms with E-state index in [1.54, 1.807) is 55.6 Å². The number of carbonyl (C=O) groups excluding carboxylic acids is 3. The van der Waals surface area contributed by atoms with E-state index >= 15 is 0 Å². The van der Waals surface area contributed by atoms with Crippen molar-refractivity contribution in [1.82, 2.24) is 0 Å². The van der Waals surface area contributed by atoms with Crippen LogP contribution in [0.25, 0.3) is 6.08 Å². The quantitative estimate of drug-likeness (QED) is 0.266. The number of carbonyl (C=O) groups is 3. The summed E-state index contributed by atoms with van der Waals surface area (Å²) < 4.78 is 15.2. The predicted molar refractivity (Wildman–Crippen MR) is 134 cm³/mol. The van der Waals surface area contributed by atoms with E-state index in [0.29, 0.717) is 34.0 Å². The molecule has 3 aromatic rings. The van der Waals surface area contributed by atoms with Crippen molar-refractivity contribution < 1.29 is 28.6 Å². The first-order chi connectivity index (χ1) is 17.4. The van der Waals surface area contributed by atoms with E-state index in [-0.39, 0.29) is 18.1 Å². The van der Waals surface area contributed by atoms with Crippen LogP contribution in [0.1, 0.15) is 15.9 Å². The highest BCUT2D eigenvalue weighted by Crippen LogP contribution is 2.17. The number of methoxy groups -OCH3 is 2. The predicted octanol–water partition coefficient (Wildman–Crippen LogP) is 4.04. The van der Waals surface area contributed by atoms with Gasteiger partial charge in [-0.3, -0.25) is 9.59 Å². The average Bonchev–Trinajstić information content (AvgIpc) is 2.91. The number of nitriles is 1. The Morgan fingerprint density at radius 1 is 0.833 bits per heavy atom. The van der Waals surface area contributed by atoms with Crippen LogP contribution in [-0.2, 0) is 14.3 Å². The lowest BCUT2D eigenvalue weighted by Crippen LogP contribution is -2.20. The maximum absolute atomic E-state index is 12.5. The van der Waals surface area contributed by atoms with Gasteiger partial charge in [-0.1, -0.05) is 12.1 Å². The lowest BCUT2D eigenvalue weighted by Gasteiger charge is -2.08. The fourth-order valence-electron chi connectivity index (χ4n) is 3.00. The molecular formula is C27H23N3O6. The highest BCUT2D eigenvalue weighted by Gasteiger charge is 2.11. The van der Waals surface area contributed by atoms with Gasteiger partial charge in [0.15, 0.2) is 6.61 Å². The van der Waals surface area contributed by atoms with Crippen LogP contribution in [0.4, 0.5) is 11.4 Å². The van der Waals surface area contributed by atoms with Gasteiger partial charge >= 0.3 is 5.97 Å². The van der Waals surface area contributed by atoms with Gasteiger partial charge in [0.1, 0.15) is 23.1 Å². The van der Waals surface area contributed by atoms with Gasteiger partial charge in [-0.25, -0.2) is 4.79 Å². The molecule has 0 spiro atoms. The number of nitrogens with one attached hydrogen (secondary N) is 2. The van der Waals surface area contributed by atoms with Crippen molar-refractivity contribution in [2.24, 2.45) is 0 Å². The molecule has 0 aliphatic heterocycles. The van der Waals surface area contributed by atoms with Crippen LogP contribution >= 0.6 is 0 Å². The fourth-order valence-corrected chi connectivity index (χ4v) is 3.00. The van der Waals surface area contributed by atoms with Gasteiger partial charge in [-0.15, -0.1) is 0 Å². The van der Waals surface area contributed by atoms with E-state index in [1.807, 2.05) is 6.07 Å². The van der Waals surface area contributed by atoms with Gasteiger partial charge in [0.2, 0.25) is 0 Å². The molecule has 36 heavy (non-hydrogen) atoms. The Hall–Kier alpha value is -5.10. The molecular weight excluding hydrogens is 462 g/mol. The molecule has 0 aromatic heterocycles. The molecule has 0 saturated carbocycles. The van der Waals surface area contributed by atoms with E-state index in [0.717, 1.165) is 0 Å². The number of benzene rings is 3. The fraction of sp³-hybridized carbons (Fsp3) is 0.111. The van der Waals surface area contributed by atoms with Crippen LogP contribution in [0.15, 0.2) is 78.4 Å². The number of ether oxygens (including phenoxy) is 3. The smallest absolute Gasteiger partial charge is 0.337 e. The average molecular weight is 485 g/mol. The summed E-state index contributed by atoms with van der Waals surface area (Å²) in [7, 11) is 2.84. The molecule has 0 atom stereocenters. The lowest BCUT2D eigenvalue weighted by atomic mass is 10.1. The standard InChI is InChI=1S/C27H23N3O6/c1-34-23-13-9-21(10-14-23)29-25(31)17-36-24-11-3-18(4-12-24)15-20(16-28)26(32)30-22-7-5-19(6-8-22)27(33)35-2/h3-15H,17H2,1-2H3,(H,29,31)(H,30,32)/b20-15-. The SMILES string of the molecule is COC(=O)c1ccc(NC(=O)/C(C#N)=C\c2ccc(OCC(=O)Nc3ccc(OC)cc3)cc2)cc1. The Bertz CT molecular complexity index is 1290. The summed E-state index contributed by atoms with van der Waals surface area (Å²) in [4.78, 5) is 36.1. The molecule has 3 aromatic carbocycles. The second-order valence-corrected chi connectivity index (χ2v) is 7.33. The van der Waals surface area contributed by atoms with Crippen LogP contribution in [0.5, 0.6) is 11.5 Å². The minimum Gasteiger partial charge on any atom is -0.497 e. The number of rotatable bonds is 9. The topological polar surface area (TPSA) is 127 Å². The van der Waals surface area contributed by atoms with Crippen molar-refractivity contribution in [3.05, 3.63) is 89.5 Å². The van der Waals surface area contributed by atoms with Crippen LogP contribution in [0, 0.1) is 11.3 Å². The minimum atomic E-state index is -0.598. The van der Waals surface area contributed by atoms with Crippen LogP contribution in [0.2, 0.25) is 0 Å². The number of amides is 2. The maximum Gasteiger partial charge on any atom is 0.337 e. The third kappa shape index (κ3) is 7.20. The van der Waals surface area contributed by atoms with Gasteiger partial charge in [0.25, 0.3) is 11.8 Å². The molecule has 0 fully saturated rings. The summed E-state index contributed by atoms with van der Waals surface area (Å²) in [6.45, 7) is -0.193. The summed E-state index contributed by atoms with van der Waals surface area (Å²) >= 11 is 0. The number of nitrogens with zero attached hydrogens (tertiary/aromatic N) is 1. The summed E-state index contributed by atoms with van der Waals surface area (Å²) in [5.74, 6) is -0.280. The number of esters is 1. The molecule has 0 bridgehead atoms. The van der Waals surface area contributed by atoms with Crippen molar-refractivity contribution in [1.29, 1.82) is 5.26 Å². The van der Waals surface area contributed by atoms with Gasteiger partial charge in [0.05, 0.1) is 19.8 Å². The Balaban J connectivity index is 1.55. The first-order valence-electron chi connectivity index (χ1n) is 10.7. The lowest BCUT2D eigenvalue weighted by molar-refractivity contribution is -0.118. The number of anilines is 2. The molecule has 9 heteroatoms. The van der Waals surface area contributed by atoms with Gasteiger partial charge in [-0.05, 0) is 72.3 Å². The first kappa shape index (κ1) is 25.5. The van der Waals surface area contributed by atoms with Crippen LogP contribution < -0.4 is 20.1 Å². The monoisotopic (exact) mass is 485 g/mol. The molecule has 0 heterocycles. The Labute approximate surface area is 207 Å². The van der Waals surface area contributed by atoms with E-state index in [2.05, 4.69) is 15.4 Å². The molecule has 2 N–H and O–H groups in total. The Morgan fingerprint density at radius 2 is 1.42 bits per heavy atom. The van der Waals surface area contributed by atoms with Crippen molar-refractivity contribution in [2.75, 3.05) is 31.5 Å². The summed E-state index contributed by atoms with van der Waals surface area (Å²) in [5, 5.41) is 14.7. The molecule has 0 radical (unpaired) electrons. The van der Waals surface area contributed by atoms with E-state index in [4.69, 9.17) is 9.47 Å². The second kappa shape index (κ2) is 12.4. The molecule has 9 nitrogen and oxygen atoms in total. The highest BCUT2D eigenvalue weighted by molar-refractivity contribution is 6.09. The zero-order valence-electron chi connectivity index (χ0n) is 19.6. The third-order valence-electron chi connectivity index (χ3n) is 4.86. The summed E-state index contributed by atoms with van der Waals surface area (Å²) in [6.07, 6.45) is 1.43. The third-order valence-corrected chi connectivity index (χ3v) is 4.86. The molecule has 0 aliphatic carbocycles. The molecule has 2 amide bonds. The summed E-state index contributed by atoms with van der Waals surface area (Å²) in [6, 6.07) is 21.5. The summed E-state index contributed by atoms with van der Waals surface area (Å²) in [5.41, 5.74) is 1.86. The largest absolute Gasteiger partial charge is 0.497 e. The van der Waals surface area contributed by atoms with E-state index in [9.17, 15) is 19.6 Å². The van der Waals surface area contributed by atoms with Crippen LogP contribution in [-0.4, -0.2) is 38.6 Å². The normalized spacial score (nSPS) is 10.5. The molecule has 0 saturated heterocycles. The molecule has 0 aliphatic rings. The van der Waals surface area contributed by atoms with Crippen molar-refractivity contribution in [3.63, 3.8) is 0 Å². The van der Waals surface area contributed by atoms with E-state index < -0.39 is 11.9 Å². The zero-order chi connectivity index (χ0) is 25.9. The highest BCUT2D eigenvalue weighted by atomic mass is 16.5. The number of hydrogen-bond acceptors (Lipinski definition) is 7. The van der Waals surface area contributed by atoms with Crippen molar-refractivity contribution in [2.45, 2.75) is 0 Å². The Kier molecular flexibility index (Phi) is 8.78. The van der Waals surface area contributed by atoms with E-state index in [1.165, 1.54) is 37.5 Å². The van der Waals surface area contributed by atoms with Crippen molar-refractivity contribution >= 4 is 35.2 Å². The molecule has 3 rings (SSSR count). The minimum absolute atomic E-state index is 0.111. The van der Waals surface area contributed by atoms with Crippen LogP contribution in [0.3, 0.4) is 0 Å². The second-order valence-electron chi connectivity index (χ2n) is 7.33. The van der Waals surface area contributed by atoms with Gasteiger partial charge in [0, 0.05) is 11.4 Å². The zero-order valence-corrected chi connectivity index (χ0v) is 19.6. The van der Waals surface area contributed by atoms with Gasteiger partial charge < -0.3 is 24.8 Å². The molecule has 0 unspecified atom stereocenters. The number of hydrogen-bond donors (Lipinski definition) is 2. The first-order valence-corrected chi connectivity index (χ1v) is 10.7.